The summed E-state index contributed by atoms with van der Waals surface area (Å²) in [5.74, 6) is 0. The van der Waals surface area contributed by atoms with E-state index in [-0.39, 0.29) is 0 Å². The first-order valence-corrected chi connectivity index (χ1v) is 10.4. The summed E-state index contributed by atoms with van der Waals surface area (Å²) in [6.07, 6.45) is 9.01. The van der Waals surface area contributed by atoms with Gasteiger partial charge in [0, 0.05) is 17.5 Å². The summed E-state index contributed by atoms with van der Waals surface area (Å²) in [7, 11) is 2.05. The topological polar surface area (TPSA) is 15.3 Å². The lowest BCUT2D eigenvalue weighted by Gasteiger charge is -2.26. The van der Waals surface area contributed by atoms with Gasteiger partial charge in [-0.05, 0) is 69.4 Å². The molecular weight excluding hydrogens is 324 g/mol. The van der Waals surface area contributed by atoms with Crippen molar-refractivity contribution in [2.24, 2.45) is 0 Å². The van der Waals surface area contributed by atoms with Gasteiger partial charge in [-0.1, -0.05) is 38.1 Å². The van der Waals surface area contributed by atoms with Crippen molar-refractivity contribution in [1.29, 1.82) is 0 Å². The molecule has 0 radical (unpaired) electrons. The Morgan fingerprint density at radius 3 is 2.32 bits per heavy atom. The molecular formula is C22H36N2S. The first kappa shape index (κ1) is 21.7. The van der Waals surface area contributed by atoms with Gasteiger partial charge in [0.25, 0.3) is 0 Å². The van der Waals surface area contributed by atoms with Crippen molar-refractivity contribution in [3.8, 4) is 0 Å². The van der Waals surface area contributed by atoms with E-state index >= 15 is 0 Å². The number of thioether (sulfide) groups is 1. The molecule has 0 heterocycles. The standard InChI is InChI=1S/C22H36N2S/c1-18(2)10-8-9-11-20-12-14-21(15-13-20)24(6)23-19(3)16-17-22(4,5)25-7/h12-15,23H,1,3,8-11,16-17H2,2,4-7H3. The van der Waals surface area contributed by atoms with Crippen LogP contribution in [0.5, 0.6) is 0 Å². The van der Waals surface area contributed by atoms with Gasteiger partial charge in [-0.3, -0.25) is 5.01 Å². The predicted octanol–water partition coefficient (Wildman–Crippen LogP) is 6.35. The second-order valence-corrected chi connectivity index (χ2v) is 9.08. The molecule has 1 N–H and O–H groups in total. The fraction of sp³-hybridized carbons (Fsp3) is 0.545. The number of hydrazine groups is 1. The summed E-state index contributed by atoms with van der Waals surface area (Å²) < 4.78 is 0.301. The Bertz CT molecular complexity index is 546. The number of benzene rings is 1. The van der Waals surface area contributed by atoms with Gasteiger partial charge in [0.05, 0.1) is 5.69 Å². The van der Waals surface area contributed by atoms with Crippen LogP contribution in [-0.4, -0.2) is 18.1 Å². The molecule has 0 atom stereocenters. The zero-order chi connectivity index (χ0) is 18.9. The van der Waals surface area contributed by atoms with Gasteiger partial charge >= 0.3 is 0 Å². The number of nitrogens with one attached hydrogen (secondary N) is 1. The average molecular weight is 361 g/mol. The third kappa shape index (κ3) is 9.06. The van der Waals surface area contributed by atoms with Gasteiger partial charge in [-0.2, -0.15) is 11.8 Å². The van der Waals surface area contributed by atoms with Gasteiger partial charge in [0.1, 0.15) is 0 Å². The average Bonchev–Trinajstić information content (AvgIpc) is 2.57. The lowest BCUT2D eigenvalue weighted by atomic mass is 10.0. The quantitative estimate of drug-likeness (QED) is 0.265. The number of allylic oxidation sites excluding steroid dienone is 2. The lowest BCUT2D eigenvalue weighted by Crippen LogP contribution is -2.33. The molecule has 0 saturated carbocycles. The van der Waals surface area contributed by atoms with E-state index in [1.165, 1.54) is 24.0 Å². The van der Waals surface area contributed by atoms with Crippen molar-refractivity contribution in [1.82, 2.24) is 5.43 Å². The van der Waals surface area contributed by atoms with E-state index in [1.54, 1.807) is 0 Å². The van der Waals surface area contributed by atoms with Crippen LogP contribution in [0.1, 0.15) is 58.4 Å². The smallest absolute Gasteiger partial charge is 0.0568 e. The predicted molar refractivity (Wildman–Crippen MR) is 116 cm³/mol. The maximum atomic E-state index is 4.17. The molecule has 140 valence electrons. The van der Waals surface area contributed by atoms with Crippen molar-refractivity contribution in [2.75, 3.05) is 18.3 Å². The number of hydrogen-bond acceptors (Lipinski definition) is 3. The number of hydrogen-bond donors (Lipinski definition) is 1. The molecule has 1 aromatic carbocycles. The summed E-state index contributed by atoms with van der Waals surface area (Å²) in [6, 6.07) is 8.82. The van der Waals surface area contributed by atoms with E-state index in [2.05, 4.69) is 74.9 Å². The largest absolute Gasteiger partial charge is 0.303 e. The monoisotopic (exact) mass is 360 g/mol. The first-order chi connectivity index (χ1) is 11.7. The molecule has 2 nitrogen and oxygen atoms in total. The molecule has 0 aliphatic carbocycles. The third-order valence-corrected chi connectivity index (χ3v) is 5.86. The molecule has 3 heteroatoms. The minimum atomic E-state index is 0.301. The van der Waals surface area contributed by atoms with Gasteiger partial charge in [-0.15, -0.1) is 6.58 Å². The van der Waals surface area contributed by atoms with E-state index in [0.717, 1.165) is 37.1 Å². The maximum Gasteiger partial charge on any atom is 0.0568 e. The highest BCUT2D eigenvalue weighted by Gasteiger charge is 2.16. The molecule has 0 unspecified atom stereocenters. The second kappa shape index (κ2) is 10.6. The van der Waals surface area contributed by atoms with Crippen molar-refractivity contribution in [3.05, 3.63) is 54.3 Å². The number of nitrogens with zero attached hydrogens (tertiary/aromatic N) is 1. The molecule has 0 aromatic heterocycles. The minimum absolute atomic E-state index is 0.301. The Balaban J connectivity index is 2.41. The molecule has 25 heavy (non-hydrogen) atoms. The van der Waals surface area contributed by atoms with Gasteiger partial charge in [0.15, 0.2) is 0 Å². The minimum Gasteiger partial charge on any atom is -0.303 e. The fourth-order valence-electron chi connectivity index (χ4n) is 2.55. The van der Waals surface area contributed by atoms with Crippen LogP contribution in [0.4, 0.5) is 5.69 Å². The van der Waals surface area contributed by atoms with E-state index in [1.807, 2.05) is 18.8 Å². The van der Waals surface area contributed by atoms with E-state index in [9.17, 15) is 0 Å². The third-order valence-electron chi connectivity index (χ3n) is 4.55. The van der Waals surface area contributed by atoms with Gasteiger partial charge in [0.2, 0.25) is 0 Å². The highest BCUT2D eigenvalue weighted by atomic mass is 32.2. The van der Waals surface area contributed by atoms with Crippen molar-refractivity contribution < 1.29 is 0 Å². The molecule has 0 aliphatic heterocycles. The van der Waals surface area contributed by atoms with Crippen molar-refractivity contribution in [3.63, 3.8) is 0 Å². The summed E-state index contributed by atoms with van der Waals surface area (Å²) in [4.78, 5) is 0. The highest BCUT2D eigenvalue weighted by molar-refractivity contribution is 7.99. The molecule has 0 amide bonds. The Kier molecular flexibility index (Phi) is 9.20. The van der Waals surface area contributed by atoms with Crippen LogP contribution in [-0.2, 0) is 6.42 Å². The molecule has 1 aromatic rings. The van der Waals surface area contributed by atoms with E-state index in [0.29, 0.717) is 4.75 Å². The highest BCUT2D eigenvalue weighted by Crippen LogP contribution is 2.27. The zero-order valence-corrected chi connectivity index (χ0v) is 17.6. The first-order valence-electron chi connectivity index (χ1n) is 9.20. The molecule has 0 saturated heterocycles. The summed E-state index contributed by atoms with van der Waals surface area (Å²) in [5.41, 5.74) is 8.31. The molecule has 0 aliphatic rings. The van der Waals surface area contributed by atoms with E-state index < -0.39 is 0 Å². The van der Waals surface area contributed by atoms with Crippen LogP contribution in [0.2, 0.25) is 0 Å². The SMILES string of the molecule is C=C(C)CCCCc1ccc(N(C)NC(=C)CCC(C)(C)SC)cc1. The van der Waals surface area contributed by atoms with Crippen LogP contribution in [0.3, 0.4) is 0 Å². The molecule has 0 spiro atoms. The molecule has 0 bridgehead atoms. The zero-order valence-electron chi connectivity index (χ0n) is 16.8. The number of unbranched alkanes of at least 4 members (excludes halogenated alkanes) is 1. The van der Waals surface area contributed by atoms with Crippen molar-refractivity contribution in [2.45, 2.75) is 64.0 Å². The van der Waals surface area contributed by atoms with Gasteiger partial charge < -0.3 is 5.43 Å². The Morgan fingerprint density at radius 1 is 1.12 bits per heavy atom. The number of aryl methyl sites for hydroxylation is 1. The van der Waals surface area contributed by atoms with Crippen LogP contribution < -0.4 is 10.4 Å². The summed E-state index contributed by atoms with van der Waals surface area (Å²) in [6.45, 7) is 14.8. The lowest BCUT2D eigenvalue weighted by molar-refractivity contribution is 0.610. The van der Waals surface area contributed by atoms with Crippen LogP contribution in [0, 0.1) is 0 Å². The Morgan fingerprint density at radius 2 is 1.76 bits per heavy atom. The van der Waals surface area contributed by atoms with E-state index in [4.69, 9.17) is 0 Å². The maximum absolute atomic E-state index is 4.17. The van der Waals surface area contributed by atoms with Crippen LogP contribution in [0.25, 0.3) is 0 Å². The molecule has 0 fully saturated rings. The fourth-order valence-corrected chi connectivity index (χ4v) is 2.86. The number of anilines is 1. The van der Waals surface area contributed by atoms with Crippen LogP contribution in [0.15, 0.2) is 48.7 Å². The number of rotatable bonds is 12. The van der Waals surface area contributed by atoms with Gasteiger partial charge in [-0.25, -0.2) is 0 Å². The van der Waals surface area contributed by atoms with Crippen LogP contribution >= 0.6 is 11.8 Å². The summed E-state index contributed by atoms with van der Waals surface area (Å²) in [5, 5.41) is 2.05. The molecule has 1 rings (SSSR count). The normalized spacial score (nSPS) is 11.2. The second-order valence-electron chi connectivity index (χ2n) is 7.57. The Labute approximate surface area is 159 Å². The Hall–Kier alpha value is -1.35. The van der Waals surface area contributed by atoms with Crippen molar-refractivity contribution >= 4 is 17.4 Å². The summed E-state index contributed by atoms with van der Waals surface area (Å²) >= 11 is 1.91.